The molecule has 0 amide bonds. The number of para-hydroxylation sites is 2. The number of benzene rings is 1. The lowest BCUT2D eigenvalue weighted by Gasteiger charge is -2.14. The van der Waals surface area contributed by atoms with Crippen molar-refractivity contribution in [2.75, 3.05) is 19.6 Å². The molecule has 3 nitrogen and oxygen atoms in total. The van der Waals surface area contributed by atoms with Crippen LogP contribution in [-0.2, 0) is 6.54 Å². The lowest BCUT2D eigenvalue weighted by molar-refractivity contribution is -0.914. The van der Waals surface area contributed by atoms with Gasteiger partial charge in [0.05, 0.1) is 13.1 Å². The second-order valence-electron chi connectivity index (χ2n) is 4.59. The minimum absolute atomic E-state index is 1.09. The molecule has 0 aliphatic rings. The van der Waals surface area contributed by atoms with Crippen molar-refractivity contribution in [2.24, 2.45) is 0 Å². The van der Waals surface area contributed by atoms with E-state index in [1.807, 2.05) is 0 Å². The van der Waals surface area contributed by atoms with E-state index >= 15 is 0 Å². The molecule has 1 aromatic carbocycles. The summed E-state index contributed by atoms with van der Waals surface area (Å²) in [5.74, 6) is 1.25. The first kappa shape index (κ1) is 12.1. The summed E-state index contributed by atoms with van der Waals surface area (Å²) in [4.78, 5) is 5.10. The highest BCUT2D eigenvalue weighted by atomic mass is 15.2. The molecule has 1 heterocycles. The van der Waals surface area contributed by atoms with E-state index in [1.165, 1.54) is 36.5 Å². The highest BCUT2D eigenvalue weighted by molar-refractivity contribution is 5.70. The molecule has 2 aromatic rings. The minimum atomic E-state index is 1.09. The van der Waals surface area contributed by atoms with Crippen molar-refractivity contribution in [1.82, 2.24) is 4.98 Å². The van der Waals surface area contributed by atoms with Crippen LogP contribution >= 0.6 is 0 Å². The number of imidazole rings is 1. The molecule has 0 atom stereocenters. The first-order chi connectivity index (χ1) is 8.26. The molecule has 17 heavy (non-hydrogen) atoms. The first-order valence-corrected chi connectivity index (χ1v) is 6.57. The zero-order valence-electron chi connectivity index (χ0n) is 11.1. The van der Waals surface area contributed by atoms with Gasteiger partial charge >= 0.3 is 0 Å². The molecule has 0 spiro atoms. The van der Waals surface area contributed by atoms with E-state index in [4.69, 9.17) is 0 Å². The zero-order chi connectivity index (χ0) is 12.3. The number of quaternary nitrogens is 1. The molecule has 3 heteroatoms. The normalized spacial score (nSPS) is 11.5. The van der Waals surface area contributed by atoms with E-state index in [9.17, 15) is 0 Å². The fourth-order valence-corrected chi connectivity index (χ4v) is 2.42. The highest BCUT2D eigenvalue weighted by Gasteiger charge is 2.15. The lowest BCUT2D eigenvalue weighted by atomic mass is 10.3. The summed E-state index contributed by atoms with van der Waals surface area (Å²) in [5, 5.41) is 0. The first-order valence-electron chi connectivity index (χ1n) is 6.57. The summed E-state index contributed by atoms with van der Waals surface area (Å²) in [7, 11) is 0. The second kappa shape index (κ2) is 5.32. The Morgan fingerprint density at radius 3 is 2.59 bits per heavy atom. The summed E-state index contributed by atoms with van der Waals surface area (Å²) < 4.78 is 2.39. The van der Waals surface area contributed by atoms with Gasteiger partial charge in [-0.25, -0.2) is 9.55 Å². The topological polar surface area (TPSA) is 24.1 Å². The van der Waals surface area contributed by atoms with Crippen LogP contribution in [0.15, 0.2) is 24.3 Å². The lowest BCUT2D eigenvalue weighted by Crippen LogP contribution is -3.12. The predicted molar refractivity (Wildman–Crippen MR) is 70.1 cm³/mol. The minimum Gasteiger partial charge on any atom is -0.332 e. The van der Waals surface area contributed by atoms with Crippen LogP contribution in [0.5, 0.6) is 0 Å². The van der Waals surface area contributed by atoms with Gasteiger partial charge in [-0.3, -0.25) is 0 Å². The van der Waals surface area contributed by atoms with Crippen LogP contribution in [-0.4, -0.2) is 24.6 Å². The summed E-state index contributed by atoms with van der Waals surface area (Å²) in [6.07, 6.45) is 0. The number of aromatic nitrogens is 2. The zero-order valence-corrected chi connectivity index (χ0v) is 11.1. The number of rotatable bonds is 5. The average molecular weight is 233 g/mol. The molecule has 0 radical (unpaired) electrons. The molecule has 0 bridgehead atoms. The van der Waals surface area contributed by atoms with Gasteiger partial charge in [-0.05, 0) is 26.0 Å². The third kappa shape index (κ3) is 2.50. The molecule has 0 unspecified atom stereocenters. The number of hydrogen-bond acceptors (Lipinski definition) is 0. The third-order valence-electron chi connectivity index (χ3n) is 3.60. The third-order valence-corrected chi connectivity index (χ3v) is 3.60. The van der Waals surface area contributed by atoms with Crippen LogP contribution in [0.2, 0.25) is 0 Å². The molecule has 0 fully saturated rings. The van der Waals surface area contributed by atoms with Crippen LogP contribution < -0.4 is 9.47 Å². The van der Waals surface area contributed by atoms with E-state index < -0.39 is 0 Å². The number of fused-ring (bicyclic) bond motifs is 1. The SMILES string of the molecule is CC[NH+](CC)CC[n+]1c(C)[nH]c2ccccc21. The van der Waals surface area contributed by atoms with Gasteiger partial charge in [-0.2, -0.15) is 0 Å². The summed E-state index contributed by atoms with van der Waals surface area (Å²) in [6, 6.07) is 8.52. The maximum absolute atomic E-state index is 3.44. The number of aryl methyl sites for hydroxylation is 1. The smallest absolute Gasteiger partial charge is 0.252 e. The van der Waals surface area contributed by atoms with Crippen LogP contribution in [0.25, 0.3) is 11.0 Å². The van der Waals surface area contributed by atoms with E-state index in [2.05, 4.69) is 54.6 Å². The van der Waals surface area contributed by atoms with Gasteiger partial charge in [0.25, 0.3) is 5.82 Å². The van der Waals surface area contributed by atoms with Crippen molar-refractivity contribution >= 4 is 11.0 Å². The van der Waals surface area contributed by atoms with E-state index in [1.54, 1.807) is 4.90 Å². The molecule has 2 N–H and O–H groups in total. The number of hydrogen-bond donors (Lipinski definition) is 2. The maximum Gasteiger partial charge on any atom is 0.252 e. The Hall–Kier alpha value is -1.35. The molecular formula is C14H23N3+2. The van der Waals surface area contributed by atoms with Crippen LogP contribution in [0, 0.1) is 6.92 Å². The Kier molecular flexibility index (Phi) is 3.79. The molecule has 92 valence electrons. The van der Waals surface area contributed by atoms with Gasteiger partial charge in [0.2, 0.25) is 0 Å². The van der Waals surface area contributed by atoms with Gasteiger partial charge in [-0.15, -0.1) is 0 Å². The fourth-order valence-electron chi connectivity index (χ4n) is 2.42. The van der Waals surface area contributed by atoms with Crippen LogP contribution in [0.1, 0.15) is 19.7 Å². The number of likely N-dealkylation sites (N-methyl/N-ethyl adjacent to an activating group) is 1. The van der Waals surface area contributed by atoms with Gasteiger partial charge < -0.3 is 4.90 Å². The molecule has 2 rings (SSSR count). The summed E-state index contributed by atoms with van der Waals surface area (Å²) >= 11 is 0. The molecule has 0 saturated heterocycles. The Morgan fingerprint density at radius 2 is 1.88 bits per heavy atom. The molecule has 0 aliphatic carbocycles. The second-order valence-corrected chi connectivity index (χ2v) is 4.59. The largest absolute Gasteiger partial charge is 0.332 e. The van der Waals surface area contributed by atoms with Crippen LogP contribution in [0.3, 0.4) is 0 Å². The van der Waals surface area contributed by atoms with E-state index in [-0.39, 0.29) is 0 Å². The molecule has 1 aromatic heterocycles. The van der Waals surface area contributed by atoms with E-state index in [0.717, 1.165) is 6.54 Å². The molecular weight excluding hydrogens is 210 g/mol. The fraction of sp³-hybridized carbons (Fsp3) is 0.500. The standard InChI is InChI=1S/C14H21N3/c1-4-16(5-2)10-11-17-12(3)15-13-8-6-7-9-14(13)17/h6-9H,4-5,10-11H2,1-3H3/p+2. The van der Waals surface area contributed by atoms with Gasteiger partial charge in [0, 0.05) is 6.92 Å². The molecule has 0 saturated carbocycles. The van der Waals surface area contributed by atoms with Crippen molar-refractivity contribution in [3.05, 3.63) is 30.1 Å². The van der Waals surface area contributed by atoms with E-state index in [0.29, 0.717) is 0 Å². The Morgan fingerprint density at radius 1 is 1.18 bits per heavy atom. The van der Waals surface area contributed by atoms with Gasteiger partial charge in [-0.1, -0.05) is 12.1 Å². The highest BCUT2D eigenvalue weighted by Crippen LogP contribution is 2.07. The maximum atomic E-state index is 3.44. The van der Waals surface area contributed by atoms with Gasteiger partial charge in [0.1, 0.15) is 13.1 Å². The number of nitrogens with one attached hydrogen (secondary N) is 2. The van der Waals surface area contributed by atoms with Crippen molar-refractivity contribution < 1.29 is 9.47 Å². The quantitative estimate of drug-likeness (QED) is 0.710. The monoisotopic (exact) mass is 233 g/mol. The van der Waals surface area contributed by atoms with Crippen molar-refractivity contribution in [2.45, 2.75) is 27.3 Å². The Balaban J connectivity index is 2.20. The Bertz CT molecular complexity index is 483. The van der Waals surface area contributed by atoms with Crippen molar-refractivity contribution in [3.8, 4) is 0 Å². The Labute approximate surface area is 103 Å². The van der Waals surface area contributed by atoms with Crippen LogP contribution in [0.4, 0.5) is 0 Å². The number of aromatic amines is 1. The van der Waals surface area contributed by atoms with Crippen molar-refractivity contribution in [1.29, 1.82) is 0 Å². The predicted octanol–water partition coefficient (Wildman–Crippen LogP) is 0.689. The number of H-pyrrole nitrogens is 1. The number of nitrogens with zero attached hydrogens (tertiary/aromatic N) is 1. The summed E-state index contributed by atoms with van der Waals surface area (Å²) in [5.41, 5.74) is 2.55. The molecule has 0 aliphatic heterocycles. The van der Waals surface area contributed by atoms with Crippen molar-refractivity contribution in [3.63, 3.8) is 0 Å². The van der Waals surface area contributed by atoms with Gasteiger partial charge in [0.15, 0.2) is 11.0 Å². The average Bonchev–Trinajstić information content (AvgIpc) is 2.67. The summed E-state index contributed by atoms with van der Waals surface area (Å²) in [6.45, 7) is 11.4.